The predicted octanol–water partition coefficient (Wildman–Crippen LogP) is 2.63. The summed E-state index contributed by atoms with van der Waals surface area (Å²) in [6, 6.07) is 11.4. The third kappa shape index (κ3) is 6.04. The van der Waals surface area contributed by atoms with Gasteiger partial charge < -0.3 is 15.4 Å². The summed E-state index contributed by atoms with van der Waals surface area (Å²) in [6.45, 7) is 1.11. The van der Waals surface area contributed by atoms with Gasteiger partial charge in [0.05, 0.1) is 12.0 Å². The number of carbonyl (C=O) groups is 2. The van der Waals surface area contributed by atoms with Crippen molar-refractivity contribution in [2.24, 2.45) is 0 Å². The molecule has 2 aromatic rings. The lowest BCUT2D eigenvalue weighted by atomic mass is 10.1. The molecule has 1 heterocycles. The fourth-order valence-corrected chi connectivity index (χ4v) is 2.79. The topological polar surface area (TPSA) is 67.4 Å². The van der Waals surface area contributed by atoms with Gasteiger partial charge in [0, 0.05) is 19.5 Å². The molecule has 2 amide bonds. The zero-order chi connectivity index (χ0) is 17.2. The first-order valence-electron chi connectivity index (χ1n) is 7.90. The number of thiophene rings is 1. The molecule has 6 heteroatoms. The van der Waals surface area contributed by atoms with Crippen LogP contribution in [-0.4, -0.2) is 32.0 Å². The van der Waals surface area contributed by atoms with Crippen molar-refractivity contribution in [2.45, 2.75) is 19.3 Å². The fourth-order valence-electron chi connectivity index (χ4n) is 2.15. The maximum Gasteiger partial charge on any atom is 0.261 e. The number of methoxy groups -OCH3 is 1. The molecule has 1 aromatic carbocycles. The first kappa shape index (κ1) is 18.0. The van der Waals surface area contributed by atoms with Crippen LogP contribution in [0.3, 0.4) is 0 Å². The molecule has 24 heavy (non-hydrogen) atoms. The summed E-state index contributed by atoms with van der Waals surface area (Å²) in [6.07, 6.45) is 1.87. The van der Waals surface area contributed by atoms with Gasteiger partial charge in [0.25, 0.3) is 5.91 Å². The number of amides is 2. The van der Waals surface area contributed by atoms with E-state index >= 15 is 0 Å². The van der Waals surface area contributed by atoms with Crippen LogP contribution < -0.4 is 15.4 Å². The quantitative estimate of drug-likeness (QED) is 0.686. The predicted molar refractivity (Wildman–Crippen MR) is 95.6 cm³/mol. The van der Waals surface area contributed by atoms with Crippen LogP contribution in [-0.2, 0) is 11.2 Å². The van der Waals surface area contributed by atoms with Gasteiger partial charge in [-0.2, -0.15) is 0 Å². The Kier molecular flexibility index (Phi) is 7.29. The van der Waals surface area contributed by atoms with E-state index in [1.54, 1.807) is 13.2 Å². The summed E-state index contributed by atoms with van der Waals surface area (Å²) in [5.74, 6) is 0.777. The van der Waals surface area contributed by atoms with Gasteiger partial charge in [-0.25, -0.2) is 0 Å². The number of rotatable bonds is 9. The van der Waals surface area contributed by atoms with E-state index in [0.717, 1.165) is 11.3 Å². The van der Waals surface area contributed by atoms with E-state index in [-0.39, 0.29) is 11.8 Å². The Hall–Kier alpha value is -2.34. The lowest BCUT2D eigenvalue weighted by molar-refractivity contribution is -0.121. The highest BCUT2D eigenvalue weighted by Gasteiger charge is 2.05. The van der Waals surface area contributed by atoms with E-state index in [4.69, 9.17) is 4.74 Å². The zero-order valence-electron chi connectivity index (χ0n) is 13.7. The molecule has 2 N–H and O–H groups in total. The highest BCUT2D eigenvalue weighted by Crippen LogP contribution is 2.12. The van der Waals surface area contributed by atoms with Gasteiger partial charge in [-0.15, -0.1) is 11.3 Å². The average molecular weight is 346 g/mol. The Balaban J connectivity index is 1.55. The summed E-state index contributed by atoms with van der Waals surface area (Å²) in [4.78, 5) is 24.2. The van der Waals surface area contributed by atoms with E-state index in [0.29, 0.717) is 37.2 Å². The molecule has 0 aliphatic rings. The van der Waals surface area contributed by atoms with Crippen molar-refractivity contribution in [1.82, 2.24) is 10.6 Å². The molecule has 0 unspecified atom stereocenters. The number of ether oxygens (including phenoxy) is 1. The number of hydrogen-bond donors (Lipinski definition) is 2. The second kappa shape index (κ2) is 9.72. The third-order valence-electron chi connectivity index (χ3n) is 3.51. The zero-order valence-corrected chi connectivity index (χ0v) is 14.5. The molecule has 2 rings (SSSR count). The van der Waals surface area contributed by atoms with Gasteiger partial charge in [-0.1, -0.05) is 18.2 Å². The maximum atomic E-state index is 11.8. The van der Waals surface area contributed by atoms with Gasteiger partial charge in [0.2, 0.25) is 5.91 Å². The molecule has 0 saturated carbocycles. The third-order valence-corrected chi connectivity index (χ3v) is 4.37. The molecule has 0 aliphatic carbocycles. The van der Waals surface area contributed by atoms with Crippen LogP contribution >= 0.6 is 11.3 Å². The molecular formula is C18H22N2O3S. The highest BCUT2D eigenvalue weighted by atomic mass is 32.1. The van der Waals surface area contributed by atoms with Crippen molar-refractivity contribution in [3.05, 3.63) is 52.2 Å². The Labute approximate surface area is 146 Å². The second-order valence-corrected chi connectivity index (χ2v) is 6.23. The Morgan fingerprint density at radius 2 is 1.83 bits per heavy atom. The van der Waals surface area contributed by atoms with Crippen molar-refractivity contribution in [1.29, 1.82) is 0 Å². The van der Waals surface area contributed by atoms with E-state index in [1.165, 1.54) is 11.3 Å². The average Bonchev–Trinajstić information content (AvgIpc) is 3.14. The van der Waals surface area contributed by atoms with E-state index in [1.807, 2.05) is 35.7 Å². The number of aryl methyl sites for hydroxylation is 1. The molecular weight excluding hydrogens is 324 g/mol. The minimum atomic E-state index is -0.0594. The minimum Gasteiger partial charge on any atom is -0.497 e. The SMILES string of the molecule is COc1ccc(CCC(=O)NCCCNC(=O)c2cccs2)cc1. The molecule has 0 radical (unpaired) electrons. The van der Waals surface area contributed by atoms with Gasteiger partial charge in [0.15, 0.2) is 0 Å². The summed E-state index contributed by atoms with van der Waals surface area (Å²) in [7, 11) is 1.63. The van der Waals surface area contributed by atoms with Crippen molar-refractivity contribution in [3.63, 3.8) is 0 Å². The van der Waals surface area contributed by atoms with Crippen LogP contribution in [0.2, 0.25) is 0 Å². The summed E-state index contributed by atoms with van der Waals surface area (Å²) in [5, 5.41) is 7.58. The lowest BCUT2D eigenvalue weighted by Crippen LogP contribution is -2.29. The van der Waals surface area contributed by atoms with Crippen LogP contribution in [0.5, 0.6) is 5.75 Å². The Morgan fingerprint density at radius 3 is 2.50 bits per heavy atom. The first-order valence-corrected chi connectivity index (χ1v) is 8.78. The smallest absolute Gasteiger partial charge is 0.261 e. The van der Waals surface area contributed by atoms with Crippen molar-refractivity contribution in [3.8, 4) is 5.75 Å². The van der Waals surface area contributed by atoms with Crippen LogP contribution in [0.15, 0.2) is 41.8 Å². The highest BCUT2D eigenvalue weighted by molar-refractivity contribution is 7.12. The molecule has 5 nitrogen and oxygen atoms in total. The summed E-state index contributed by atoms with van der Waals surface area (Å²) >= 11 is 1.42. The van der Waals surface area contributed by atoms with E-state index < -0.39 is 0 Å². The maximum absolute atomic E-state index is 11.8. The Bertz CT molecular complexity index is 639. The first-order chi connectivity index (χ1) is 11.7. The number of carbonyl (C=O) groups excluding carboxylic acids is 2. The minimum absolute atomic E-state index is 0.0235. The Morgan fingerprint density at radius 1 is 1.08 bits per heavy atom. The molecule has 0 bridgehead atoms. The van der Waals surface area contributed by atoms with Gasteiger partial charge in [-0.3, -0.25) is 9.59 Å². The molecule has 0 saturated heterocycles. The summed E-state index contributed by atoms with van der Waals surface area (Å²) in [5.41, 5.74) is 1.11. The van der Waals surface area contributed by atoms with Crippen molar-refractivity contribution < 1.29 is 14.3 Å². The molecule has 0 aliphatic heterocycles. The van der Waals surface area contributed by atoms with Crippen LogP contribution in [0.25, 0.3) is 0 Å². The van der Waals surface area contributed by atoms with Crippen molar-refractivity contribution in [2.75, 3.05) is 20.2 Å². The second-order valence-electron chi connectivity index (χ2n) is 5.28. The molecule has 0 spiro atoms. The normalized spacial score (nSPS) is 10.2. The van der Waals surface area contributed by atoms with Crippen LogP contribution in [0.4, 0.5) is 0 Å². The van der Waals surface area contributed by atoms with Crippen LogP contribution in [0.1, 0.15) is 28.1 Å². The number of nitrogens with one attached hydrogen (secondary N) is 2. The lowest BCUT2D eigenvalue weighted by Gasteiger charge is -2.07. The fraction of sp³-hybridized carbons (Fsp3) is 0.333. The van der Waals surface area contributed by atoms with Gasteiger partial charge in [0.1, 0.15) is 5.75 Å². The largest absolute Gasteiger partial charge is 0.497 e. The molecule has 0 atom stereocenters. The van der Waals surface area contributed by atoms with Gasteiger partial charge >= 0.3 is 0 Å². The van der Waals surface area contributed by atoms with E-state index in [9.17, 15) is 9.59 Å². The van der Waals surface area contributed by atoms with Crippen molar-refractivity contribution >= 4 is 23.2 Å². The van der Waals surface area contributed by atoms with Gasteiger partial charge in [-0.05, 0) is 42.0 Å². The standard InChI is InChI=1S/C18H22N2O3S/c1-23-15-8-5-14(6-9-15)7-10-17(21)19-11-3-12-20-18(22)16-4-2-13-24-16/h2,4-6,8-9,13H,3,7,10-12H2,1H3,(H,19,21)(H,20,22). The van der Waals surface area contributed by atoms with E-state index in [2.05, 4.69) is 10.6 Å². The van der Waals surface area contributed by atoms with Crippen LogP contribution in [0, 0.1) is 0 Å². The number of hydrogen-bond acceptors (Lipinski definition) is 4. The molecule has 1 aromatic heterocycles. The monoisotopic (exact) mass is 346 g/mol. The summed E-state index contributed by atoms with van der Waals surface area (Å²) < 4.78 is 5.10. The number of benzene rings is 1. The molecule has 128 valence electrons. The molecule has 0 fully saturated rings.